The van der Waals surface area contributed by atoms with Gasteiger partial charge in [-0.2, -0.15) is 0 Å². The number of rotatable bonds is 6. The summed E-state index contributed by atoms with van der Waals surface area (Å²) in [6, 6.07) is 4.41. The number of hydrogen-bond donors (Lipinski definition) is 0. The van der Waals surface area contributed by atoms with Crippen LogP contribution < -0.4 is 10.2 Å². The van der Waals surface area contributed by atoms with E-state index in [1.165, 1.54) is 12.1 Å². The van der Waals surface area contributed by atoms with Crippen molar-refractivity contribution in [2.45, 2.75) is 39.0 Å². The Morgan fingerprint density at radius 1 is 1.22 bits per heavy atom. The van der Waals surface area contributed by atoms with Gasteiger partial charge in [0.15, 0.2) is 0 Å². The molecular weight excluding hydrogens is 232 g/mol. The number of hydrogen-bond acceptors (Lipinski definition) is 4. The summed E-state index contributed by atoms with van der Waals surface area (Å²) in [5.41, 5.74) is -0.0536. The van der Waals surface area contributed by atoms with Crippen molar-refractivity contribution in [3.05, 3.63) is 34.9 Å². The minimum absolute atomic E-state index is 0.0165. The zero-order valence-electron chi connectivity index (χ0n) is 10.6. The van der Waals surface area contributed by atoms with Gasteiger partial charge in [-0.05, 0) is 17.9 Å². The lowest BCUT2D eigenvalue weighted by Crippen LogP contribution is -2.31. The van der Waals surface area contributed by atoms with Gasteiger partial charge in [0, 0.05) is 11.1 Å². The van der Waals surface area contributed by atoms with Crippen LogP contribution in [0.1, 0.15) is 65.3 Å². The molecule has 0 saturated heterocycles. The Hall–Kier alpha value is -1.84. The summed E-state index contributed by atoms with van der Waals surface area (Å²) in [4.78, 5) is 22.0. The van der Waals surface area contributed by atoms with Gasteiger partial charge in [-0.15, -0.1) is 0 Å². The molecule has 0 N–H and O–H groups in total. The number of carbonyl (C=O) groups is 2. The van der Waals surface area contributed by atoms with Crippen molar-refractivity contribution in [3.63, 3.8) is 0 Å². The highest BCUT2D eigenvalue weighted by Gasteiger charge is 2.15. The van der Waals surface area contributed by atoms with Gasteiger partial charge in [-0.1, -0.05) is 44.9 Å². The third kappa shape index (κ3) is 3.09. The van der Waals surface area contributed by atoms with Crippen molar-refractivity contribution in [2.24, 2.45) is 0 Å². The number of benzene rings is 1. The second-order valence-corrected chi connectivity index (χ2v) is 4.39. The summed E-state index contributed by atoms with van der Waals surface area (Å²) in [6.07, 6.45) is 2.78. The third-order valence-electron chi connectivity index (χ3n) is 3.04. The van der Waals surface area contributed by atoms with E-state index in [1.807, 2.05) is 13.8 Å². The lowest BCUT2D eigenvalue weighted by molar-refractivity contribution is -0.259. The standard InChI is InChI=1S/C14H18O4/c1-3-4-6-9(2)10-7-5-8-11(13(15)16)12(10)14(17)18/h5,7-9H,3-4,6H2,1-2H3,(H,15,16)(H,17,18)/p-2. The van der Waals surface area contributed by atoms with Gasteiger partial charge in [0.2, 0.25) is 0 Å². The molecule has 0 aliphatic heterocycles. The zero-order chi connectivity index (χ0) is 13.7. The lowest BCUT2D eigenvalue weighted by Gasteiger charge is -2.20. The SMILES string of the molecule is CCCCC(C)c1cccc(C(=O)[O-])c1C(=O)[O-]. The maximum Gasteiger partial charge on any atom is 0.0724 e. The van der Waals surface area contributed by atoms with Gasteiger partial charge in [0.1, 0.15) is 0 Å². The van der Waals surface area contributed by atoms with Crippen LogP contribution in [0.15, 0.2) is 18.2 Å². The van der Waals surface area contributed by atoms with Crippen molar-refractivity contribution in [1.82, 2.24) is 0 Å². The molecule has 18 heavy (non-hydrogen) atoms. The van der Waals surface area contributed by atoms with E-state index in [1.54, 1.807) is 6.07 Å². The highest BCUT2D eigenvalue weighted by Crippen LogP contribution is 2.26. The summed E-state index contributed by atoms with van der Waals surface area (Å²) < 4.78 is 0. The molecule has 0 radical (unpaired) electrons. The molecule has 0 amide bonds. The number of unbranched alkanes of at least 4 members (excludes halogenated alkanes) is 1. The van der Waals surface area contributed by atoms with Crippen LogP contribution in [-0.4, -0.2) is 11.9 Å². The first-order valence-corrected chi connectivity index (χ1v) is 6.04. The summed E-state index contributed by atoms with van der Waals surface area (Å²) in [7, 11) is 0. The Kier molecular flexibility index (Phi) is 4.89. The average molecular weight is 248 g/mol. The van der Waals surface area contributed by atoms with Crippen molar-refractivity contribution in [1.29, 1.82) is 0 Å². The van der Waals surface area contributed by atoms with Crippen LogP contribution in [0.3, 0.4) is 0 Å². The third-order valence-corrected chi connectivity index (χ3v) is 3.04. The molecule has 0 fully saturated rings. The highest BCUT2D eigenvalue weighted by molar-refractivity contribution is 6.01. The summed E-state index contributed by atoms with van der Waals surface area (Å²) >= 11 is 0. The molecule has 0 aromatic heterocycles. The fourth-order valence-electron chi connectivity index (χ4n) is 2.04. The Morgan fingerprint density at radius 3 is 2.39 bits per heavy atom. The smallest absolute Gasteiger partial charge is 0.0724 e. The molecule has 1 aromatic rings. The summed E-state index contributed by atoms with van der Waals surface area (Å²) in [5.74, 6) is -2.97. The number of carboxylic acid groups (broad SMARTS) is 2. The van der Waals surface area contributed by atoms with Gasteiger partial charge in [-0.3, -0.25) is 0 Å². The van der Waals surface area contributed by atoms with Gasteiger partial charge < -0.3 is 19.8 Å². The molecule has 0 saturated carbocycles. The maximum absolute atomic E-state index is 11.1. The van der Waals surface area contributed by atoms with Gasteiger partial charge in [-0.25, -0.2) is 0 Å². The molecule has 4 nitrogen and oxygen atoms in total. The van der Waals surface area contributed by atoms with Crippen molar-refractivity contribution < 1.29 is 19.8 Å². The Bertz CT molecular complexity index is 451. The van der Waals surface area contributed by atoms with Crippen LogP contribution in [0.25, 0.3) is 0 Å². The van der Waals surface area contributed by atoms with Crippen LogP contribution >= 0.6 is 0 Å². The number of aromatic carboxylic acids is 2. The molecule has 1 unspecified atom stereocenters. The fraction of sp³-hybridized carbons (Fsp3) is 0.429. The first kappa shape index (κ1) is 14.2. The second-order valence-electron chi connectivity index (χ2n) is 4.39. The second kappa shape index (κ2) is 6.19. The predicted octanol–water partition coefficient (Wildman–Crippen LogP) is 0.707. The molecule has 1 atom stereocenters. The molecule has 0 bridgehead atoms. The van der Waals surface area contributed by atoms with E-state index in [4.69, 9.17) is 0 Å². The molecule has 0 heterocycles. The quantitative estimate of drug-likeness (QED) is 0.742. The zero-order valence-corrected chi connectivity index (χ0v) is 10.6. The molecule has 1 aromatic carbocycles. The van der Waals surface area contributed by atoms with Crippen LogP contribution in [-0.2, 0) is 0 Å². The Morgan fingerprint density at radius 2 is 1.89 bits per heavy atom. The normalized spacial score (nSPS) is 12.1. The fourth-order valence-corrected chi connectivity index (χ4v) is 2.04. The van der Waals surface area contributed by atoms with E-state index in [0.29, 0.717) is 5.56 Å². The highest BCUT2D eigenvalue weighted by atomic mass is 16.4. The molecule has 98 valence electrons. The van der Waals surface area contributed by atoms with Gasteiger partial charge >= 0.3 is 0 Å². The van der Waals surface area contributed by atoms with Crippen molar-refractivity contribution in [3.8, 4) is 0 Å². The Balaban J connectivity index is 3.22. The number of carbonyl (C=O) groups excluding carboxylic acids is 2. The summed E-state index contributed by atoms with van der Waals surface area (Å²) in [5, 5.41) is 22.0. The first-order valence-electron chi connectivity index (χ1n) is 6.04. The minimum atomic E-state index is -1.49. The van der Waals surface area contributed by atoms with Crippen LogP contribution in [0.4, 0.5) is 0 Å². The van der Waals surface area contributed by atoms with Gasteiger partial charge in [0.25, 0.3) is 0 Å². The van der Waals surface area contributed by atoms with Crippen molar-refractivity contribution >= 4 is 11.9 Å². The predicted molar refractivity (Wildman–Crippen MR) is 63.0 cm³/mol. The summed E-state index contributed by atoms with van der Waals surface area (Å²) in [6.45, 7) is 3.93. The Labute approximate surface area is 106 Å². The van der Waals surface area contributed by atoms with E-state index in [0.717, 1.165) is 19.3 Å². The van der Waals surface area contributed by atoms with E-state index in [2.05, 4.69) is 0 Å². The monoisotopic (exact) mass is 248 g/mol. The van der Waals surface area contributed by atoms with E-state index < -0.39 is 11.9 Å². The average Bonchev–Trinajstić information content (AvgIpc) is 2.34. The molecule has 0 spiro atoms. The molecule has 1 rings (SSSR count). The topological polar surface area (TPSA) is 80.3 Å². The van der Waals surface area contributed by atoms with Crippen LogP contribution in [0.2, 0.25) is 0 Å². The molecule has 0 aliphatic rings. The van der Waals surface area contributed by atoms with Crippen molar-refractivity contribution in [2.75, 3.05) is 0 Å². The van der Waals surface area contributed by atoms with E-state index >= 15 is 0 Å². The molecule has 4 heteroatoms. The van der Waals surface area contributed by atoms with Crippen LogP contribution in [0.5, 0.6) is 0 Å². The first-order chi connectivity index (χ1) is 8.49. The lowest BCUT2D eigenvalue weighted by atomic mass is 9.89. The molecular formula is C14H16O4-2. The van der Waals surface area contributed by atoms with E-state index in [9.17, 15) is 19.8 Å². The number of carboxylic acids is 2. The maximum atomic E-state index is 11.1. The minimum Gasteiger partial charge on any atom is -0.545 e. The largest absolute Gasteiger partial charge is 0.545 e. The van der Waals surface area contributed by atoms with E-state index in [-0.39, 0.29) is 17.0 Å². The van der Waals surface area contributed by atoms with Gasteiger partial charge in [0.05, 0.1) is 11.9 Å². The molecule has 0 aliphatic carbocycles. The van der Waals surface area contributed by atoms with Crippen LogP contribution in [0, 0.1) is 0 Å².